The fraction of sp³-hybridized carbons (Fsp3) is 0.727. The average molecular weight is 238 g/mol. The molecular weight excluding hydrogens is 220 g/mol. The number of piperazine rings is 1. The van der Waals surface area contributed by atoms with Gasteiger partial charge < -0.3 is 9.84 Å². The van der Waals surface area contributed by atoms with Crippen molar-refractivity contribution in [2.45, 2.75) is 32.7 Å². The van der Waals surface area contributed by atoms with Crippen LogP contribution >= 0.6 is 0 Å². The topological polar surface area (TPSA) is 71.3 Å². The first kappa shape index (κ1) is 12.0. The van der Waals surface area contributed by atoms with E-state index in [2.05, 4.69) is 15.5 Å². The first-order valence-corrected chi connectivity index (χ1v) is 5.92. The van der Waals surface area contributed by atoms with Crippen LogP contribution in [0.15, 0.2) is 4.52 Å². The summed E-state index contributed by atoms with van der Waals surface area (Å²) in [5, 5.41) is 6.73. The van der Waals surface area contributed by atoms with Gasteiger partial charge in [0.2, 0.25) is 11.8 Å². The minimum Gasteiger partial charge on any atom is -0.354 e. The van der Waals surface area contributed by atoms with Crippen LogP contribution in [0.3, 0.4) is 0 Å². The number of amides is 1. The van der Waals surface area contributed by atoms with Crippen molar-refractivity contribution in [2.75, 3.05) is 19.6 Å². The van der Waals surface area contributed by atoms with Gasteiger partial charge in [-0.2, -0.15) is 4.98 Å². The van der Waals surface area contributed by atoms with Crippen molar-refractivity contribution < 1.29 is 9.32 Å². The molecule has 1 aromatic rings. The second-order valence-corrected chi connectivity index (χ2v) is 4.64. The summed E-state index contributed by atoms with van der Waals surface area (Å²) in [6.07, 6.45) is 0. The first-order chi connectivity index (χ1) is 8.08. The first-order valence-electron chi connectivity index (χ1n) is 5.92. The van der Waals surface area contributed by atoms with Crippen LogP contribution in [0, 0.1) is 0 Å². The van der Waals surface area contributed by atoms with Crippen LogP contribution in [0.25, 0.3) is 0 Å². The Morgan fingerprint density at radius 3 is 2.76 bits per heavy atom. The number of carbonyl (C=O) groups is 1. The Hall–Kier alpha value is -1.43. The molecule has 0 unspecified atom stereocenters. The van der Waals surface area contributed by atoms with E-state index in [9.17, 15) is 4.79 Å². The number of rotatable bonds is 3. The molecule has 1 N–H and O–H groups in total. The van der Waals surface area contributed by atoms with E-state index < -0.39 is 0 Å². The Labute approximate surface area is 100 Å². The standard InChI is InChI=1S/C11H18N4O2/c1-7(2)10-13-11(17-14-10)8(3)15-5-4-12-9(16)6-15/h7-8H,4-6H2,1-3H3,(H,12,16)/t8-/m0/s1. The number of hydrogen-bond acceptors (Lipinski definition) is 5. The highest BCUT2D eigenvalue weighted by molar-refractivity contribution is 5.78. The summed E-state index contributed by atoms with van der Waals surface area (Å²) in [7, 11) is 0. The van der Waals surface area contributed by atoms with E-state index in [-0.39, 0.29) is 17.9 Å². The minimum absolute atomic E-state index is 0.0129. The molecule has 0 saturated carbocycles. The van der Waals surface area contributed by atoms with Gasteiger partial charge in [-0.3, -0.25) is 9.69 Å². The number of hydrogen-bond donors (Lipinski definition) is 1. The lowest BCUT2D eigenvalue weighted by atomic mass is 10.2. The third kappa shape index (κ3) is 2.63. The van der Waals surface area contributed by atoms with E-state index >= 15 is 0 Å². The van der Waals surface area contributed by atoms with Gasteiger partial charge in [-0.05, 0) is 6.92 Å². The van der Waals surface area contributed by atoms with E-state index in [1.807, 2.05) is 25.7 Å². The van der Waals surface area contributed by atoms with Gasteiger partial charge in [-0.1, -0.05) is 19.0 Å². The highest BCUT2D eigenvalue weighted by Crippen LogP contribution is 2.20. The molecule has 0 aliphatic carbocycles. The molecule has 2 rings (SSSR count). The molecule has 94 valence electrons. The summed E-state index contributed by atoms with van der Waals surface area (Å²) in [5.41, 5.74) is 0. The molecule has 1 saturated heterocycles. The van der Waals surface area contributed by atoms with Gasteiger partial charge in [0.15, 0.2) is 5.82 Å². The molecule has 6 nitrogen and oxygen atoms in total. The van der Waals surface area contributed by atoms with Gasteiger partial charge in [0.25, 0.3) is 0 Å². The molecule has 0 bridgehead atoms. The predicted octanol–water partition coefficient (Wildman–Crippen LogP) is 0.686. The number of nitrogens with zero attached hydrogens (tertiary/aromatic N) is 3. The van der Waals surface area contributed by atoms with Crippen LogP contribution in [0.1, 0.15) is 44.4 Å². The summed E-state index contributed by atoms with van der Waals surface area (Å²) in [4.78, 5) is 17.7. The molecule has 1 atom stereocenters. The highest BCUT2D eigenvalue weighted by Gasteiger charge is 2.26. The summed E-state index contributed by atoms with van der Waals surface area (Å²) >= 11 is 0. The average Bonchev–Trinajstić information content (AvgIpc) is 2.77. The molecule has 1 aromatic heterocycles. The van der Waals surface area contributed by atoms with Crippen LogP contribution in [0.2, 0.25) is 0 Å². The van der Waals surface area contributed by atoms with Gasteiger partial charge in [0.1, 0.15) is 0 Å². The van der Waals surface area contributed by atoms with Gasteiger partial charge in [0.05, 0.1) is 12.6 Å². The van der Waals surface area contributed by atoms with Crippen LogP contribution in [0.4, 0.5) is 0 Å². The van der Waals surface area contributed by atoms with Crippen molar-refractivity contribution in [3.8, 4) is 0 Å². The molecule has 1 aliphatic rings. The zero-order valence-corrected chi connectivity index (χ0v) is 10.4. The van der Waals surface area contributed by atoms with E-state index in [0.29, 0.717) is 24.8 Å². The summed E-state index contributed by atoms with van der Waals surface area (Å²) in [6.45, 7) is 7.90. The van der Waals surface area contributed by atoms with Crippen LogP contribution in [-0.2, 0) is 4.79 Å². The Morgan fingerprint density at radius 1 is 1.41 bits per heavy atom. The van der Waals surface area contributed by atoms with Crippen molar-refractivity contribution in [3.63, 3.8) is 0 Å². The van der Waals surface area contributed by atoms with E-state index in [1.165, 1.54) is 0 Å². The molecular formula is C11H18N4O2. The fourth-order valence-electron chi connectivity index (χ4n) is 1.80. The van der Waals surface area contributed by atoms with Crippen LogP contribution in [0.5, 0.6) is 0 Å². The smallest absolute Gasteiger partial charge is 0.243 e. The predicted molar refractivity (Wildman–Crippen MR) is 61.4 cm³/mol. The lowest BCUT2D eigenvalue weighted by Crippen LogP contribution is -2.48. The summed E-state index contributed by atoms with van der Waals surface area (Å²) in [5.74, 6) is 1.60. The van der Waals surface area contributed by atoms with E-state index in [0.717, 1.165) is 6.54 Å². The van der Waals surface area contributed by atoms with Crippen molar-refractivity contribution in [1.29, 1.82) is 0 Å². The maximum absolute atomic E-state index is 11.3. The van der Waals surface area contributed by atoms with E-state index in [4.69, 9.17) is 4.52 Å². The van der Waals surface area contributed by atoms with E-state index in [1.54, 1.807) is 0 Å². The quantitative estimate of drug-likeness (QED) is 0.838. The lowest BCUT2D eigenvalue weighted by Gasteiger charge is -2.29. The normalized spacial score (nSPS) is 19.4. The molecule has 17 heavy (non-hydrogen) atoms. The van der Waals surface area contributed by atoms with Gasteiger partial charge >= 0.3 is 0 Å². The third-order valence-corrected chi connectivity index (χ3v) is 2.95. The SMILES string of the molecule is CC(C)c1noc([C@H](C)N2CCNC(=O)C2)n1. The largest absolute Gasteiger partial charge is 0.354 e. The van der Waals surface area contributed by atoms with Crippen molar-refractivity contribution >= 4 is 5.91 Å². The zero-order chi connectivity index (χ0) is 12.4. The van der Waals surface area contributed by atoms with Crippen molar-refractivity contribution in [3.05, 3.63) is 11.7 Å². The zero-order valence-electron chi connectivity index (χ0n) is 10.4. The molecule has 1 fully saturated rings. The number of nitrogens with one attached hydrogen (secondary N) is 1. The maximum atomic E-state index is 11.3. The molecule has 1 aliphatic heterocycles. The Morgan fingerprint density at radius 2 is 2.18 bits per heavy atom. The molecule has 0 radical (unpaired) electrons. The monoisotopic (exact) mass is 238 g/mol. The Balaban J connectivity index is 2.07. The molecule has 0 spiro atoms. The minimum atomic E-state index is -0.0129. The fourth-order valence-corrected chi connectivity index (χ4v) is 1.80. The molecule has 6 heteroatoms. The molecule has 1 amide bonds. The van der Waals surface area contributed by atoms with Crippen LogP contribution < -0.4 is 5.32 Å². The second kappa shape index (κ2) is 4.83. The summed E-state index contributed by atoms with van der Waals surface area (Å²) < 4.78 is 5.24. The number of carbonyl (C=O) groups excluding carboxylic acids is 1. The second-order valence-electron chi connectivity index (χ2n) is 4.64. The lowest BCUT2D eigenvalue weighted by molar-refractivity contribution is -0.125. The molecule has 0 aromatic carbocycles. The van der Waals surface area contributed by atoms with Crippen LogP contribution in [-0.4, -0.2) is 40.6 Å². The highest BCUT2D eigenvalue weighted by atomic mass is 16.5. The van der Waals surface area contributed by atoms with Crippen molar-refractivity contribution in [2.24, 2.45) is 0 Å². The third-order valence-electron chi connectivity index (χ3n) is 2.95. The Bertz CT molecular complexity index is 402. The molecule has 2 heterocycles. The number of aromatic nitrogens is 2. The maximum Gasteiger partial charge on any atom is 0.243 e. The van der Waals surface area contributed by atoms with Gasteiger partial charge in [-0.15, -0.1) is 0 Å². The van der Waals surface area contributed by atoms with Gasteiger partial charge in [0, 0.05) is 19.0 Å². The van der Waals surface area contributed by atoms with Crippen molar-refractivity contribution in [1.82, 2.24) is 20.4 Å². The van der Waals surface area contributed by atoms with Gasteiger partial charge in [-0.25, -0.2) is 0 Å². The Kier molecular flexibility index (Phi) is 3.42. The summed E-state index contributed by atoms with van der Waals surface area (Å²) in [6, 6.07) is -0.0129.